The Bertz CT molecular complexity index is 331. The van der Waals surface area contributed by atoms with E-state index in [0.717, 1.165) is 12.3 Å². The van der Waals surface area contributed by atoms with Crippen LogP contribution in [0.5, 0.6) is 0 Å². The van der Waals surface area contributed by atoms with Crippen molar-refractivity contribution < 1.29 is 4.42 Å². The molecule has 0 aliphatic carbocycles. The highest BCUT2D eigenvalue weighted by Crippen LogP contribution is 2.25. The van der Waals surface area contributed by atoms with E-state index >= 15 is 0 Å². The Hall–Kier alpha value is -0.800. The zero-order chi connectivity index (χ0) is 13.5. The van der Waals surface area contributed by atoms with Crippen LogP contribution >= 0.6 is 0 Å². The summed E-state index contributed by atoms with van der Waals surface area (Å²) in [7, 11) is 0. The minimum atomic E-state index is 0.404. The van der Waals surface area contributed by atoms with Gasteiger partial charge in [0, 0.05) is 12.6 Å². The van der Waals surface area contributed by atoms with Gasteiger partial charge in [-0.25, -0.2) is 0 Å². The molecular weight excluding hydrogens is 236 g/mol. The summed E-state index contributed by atoms with van der Waals surface area (Å²) >= 11 is 0. The molecular formula is C16H28N2O. The molecule has 3 nitrogen and oxygen atoms in total. The van der Waals surface area contributed by atoms with Crippen LogP contribution in [0.1, 0.15) is 57.8 Å². The maximum Gasteiger partial charge on any atom is 0.122 e. The molecule has 0 aromatic carbocycles. The average Bonchev–Trinajstić information content (AvgIpc) is 3.09. The molecule has 0 radical (unpaired) electrons. The van der Waals surface area contributed by atoms with Crippen LogP contribution < -0.4 is 5.32 Å². The molecule has 0 bridgehead atoms. The maximum absolute atomic E-state index is 5.64. The molecule has 1 N–H and O–H groups in total. The summed E-state index contributed by atoms with van der Waals surface area (Å²) in [5.41, 5.74) is 0. The molecule has 3 heteroatoms. The van der Waals surface area contributed by atoms with Crippen molar-refractivity contribution >= 4 is 0 Å². The summed E-state index contributed by atoms with van der Waals surface area (Å²) in [6.07, 6.45) is 8.29. The lowest BCUT2D eigenvalue weighted by Crippen LogP contribution is -2.37. The van der Waals surface area contributed by atoms with Crippen molar-refractivity contribution in [3.63, 3.8) is 0 Å². The van der Waals surface area contributed by atoms with Crippen molar-refractivity contribution in [1.82, 2.24) is 10.2 Å². The van der Waals surface area contributed by atoms with Crippen molar-refractivity contribution in [1.29, 1.82) is 0 Å². The molecule has 2 heterocycles. The number of unbranched alkanes of at least 4 members (excludes halogenated alkanes) is 1. The molecule has 1 saturated heterocycles. The number of nitrogens with zero attached hydrogens (tertiary/aromatic N) is 1. The fourth-order valence-corrected chi connectivity index (χ4v) is 2.87. The van der Waals surface area contributed by atoms with Gasteiger partial charge in [-0.15, -0.1) is 0 Å². The van der Waals surface area contributed by atoms with Crippen LogP contribution in [-0.2, 0) is 0 Å². The van der Waals surface area contributed by atoms with Gasteiger partial charge in [0.1, 0.15) is 5.76 Å². The first-order valence-electron chi connectivity index (χ1n) is 7.82. The molecule has 1 aliphatic rings. The van der Waals surface area contributed by atoms with E-state index in [0.29, 0.717) is 12.1 Å². The Kier molecular flexibility index (Phi) is 5.93. The van der Waals surface area contributed by atoms with E-state index in [1.165, 1.54) is 45.2 Å². The number of furan rings is 1. The normalized spacial score (nSPS) is 19.7. The second kappa shape index (κ2) is 7.71. The molecule has 2 rings (SSSR count). The fourth-order valence-electron chi connectivity index (χ4n) is 2.87. The Balaban J connectivity index is 1.87. The van der Waals surface area contributed by atoms with Crippen molar-refractivity contribution in [2.45, 2.75) is 58.0 Å². The van der Waals surface area contributed by atoms with E-state index in [1.807, 2.05) is 6.07 Å². The van der Waals surface area contributed by atoms with E-state index in [4.69, 9.17) is 4.42 Å². The van der Waals surface area contributed by atoms with E-state index in [-0.39, 0.29) is 0 Å². The van der Waals surface area contributed by atoms with Gasteiger partial charge in [0.05, 0.1) is 12.3 Å². The number of hydrogen-bond acceptors (Lipinski definition) is 3. The third kappa shape index (κ3) is 4.36. The van der Waals surface area contributed by atoms with Crippen LogP contribution in [-0.4, -0.2) is 30.6 Å². The van der Waals surface area contributed by atoms with Crippen LogP contribution in [0, 0.1) is 0 Å². The predicted octanol–water partition coefficient (Wildman–Crippen LogP) is 3.58. The third-order valence-corrected chi connectivity index (χ3v) is 4.10. The van der Waals surface area contributed by atoms with Crippen molar-refractivity contribution in [2.75, 3.05) is 19.6 Å². The summed E-state index contributed by atoms with van der Waals surface area (Å²) in [6, 6.07) is 5.11. The number of likely N-dealkylation sites (tertiary alicyclic amines) is 1. The van der Waals surface area contributed by atoms with E-state index in [2.05, 4.69) is 30.1 Å². The van der Waals surface area contributed by atoms with E-state index < -0.39 is 0 Å². The Morgan fingerprint density at radius 1 is 1.37 bits per heavy atom. The van der Waals surface area contributed by atoms with Gasteiger partial charge in [0.25, 0.3) is 0 Å². The topological polar surface area (TPSA) is 28.4 Å². The highest BCUT2D eigenvalue weighted by atomic mass is 16.3. The molecule has 0 spiro atoms. The SMILES string of the molecule is CCCCC(C)NCC(c1ccco1)N1CCCC1. The minimum absolute atomic E-state index is 0.404. The lowest BCUT2D eigenvalue weighted by molar-refractivity contribution is 0.204. The molecule has 0 saturated carbocycles. The minimum Gasteiger partial charge on any atom is -0.468 e. The Labute approximate surface area is 117 Å². The van der Waals surface area contributed by atoms with Crippen molar-refractivity contribution in [2.24, 2.45) is 0 Å². The average molecular weight is 264 g/mol. The zero-order valence-corrected chi connectivity index (χ0v) is 12.4. The van der Waals surface area contributed by atoms with Crippen molar-refractivity contribution in [3.8, 4) is 0 Å². The van der Waals surface area contributed by atoms with Crippen LogP contribution in [0.4, 0.5) is 0 Å². The lowest BCUT2D eigenvalue weighted by atomic mass is 10.1. The first-order valence-corrected chi connectivity index (χ1v) is 7.82. The first kappa shape index (κ1) is 14.6. The monoisotopic (exact) mass is 264 g/mol. The lowest BCUT2D eigenvalue weighted by Gasteiger charge is -2.27. The Morgan fingerprint density at radius 2 is 2.16 bits per heavy atom. The molecule has 2 atom stereocenters. The molecule has 1 aromatic rings. The second-order valence-electron chi connectivity index (χ2n) is 5.73. The third-order valence-electron chi connectivity index (χ3n) is 4.10. The summed E-state index contributed by atoms with van der Waals surface area (Å²) in [5.74, 6) is 1.11. The van der Waals surface area contributed by atoms with Crippen LogP contribution in [0.3, 0.4) is 0 Å². The quantitative estimate of drug-likeness (QED) is 0.778. The standard InChI is InChI=1S/C16H28N2O/c1-3-4-8-14(2)17-13-15(16-9-7-12-19-16)18-10-5-6-11-18/h7,9,12,14-15,17H,3-6,8,10-11,13H2,1-2H3. The first-order chi connectivity index (χ1) is 9.31. The van der Waals surface area contributed by atoms with Gasteiger partial charge in [0.2, 0.25) is 0 Å². The van der Waals surface area contributed by atoms with E-state index in [9.17, 15) is 0 Å². The van der Waals surface area contributed by atoms with Crippen LogP contribution in [0.25, 0.3) is 0 Å². The number of nitrogens with one attached hydrogen (secondary N) is 1. The van der Waals surface area contributed by atoms with E-state index in [1.54, 1.807) is 6.26 Å². The Morgan fingerprint density at radius 3 is 2.79 bits per heavy atom. The summed E-state index contributed by atoms with van der Waals surface area (Å²) < 4.78 is 5.64. The molecule has 19 heavy (non-hydrogen) atoms. The summed E-state index contributed by atoms with van der Waals surface area (Å²) in [6.45, 7) is 7.95. The van der Waals surface area contributed by atoms with Gasteiger partial charge >= 0.3 is 0 Å². The molecule has 108 valence electrons. The van der Waals surface area contributed by atoms with Crippen molar-refractivity contribution in [3.05, 3.63) is 24.2 Å². The molecule has 0 amide bonds. The highest BCUT2D eigenvalue weighted by molar-refractivity contribution is 5.06. The molecule has 2 unspecified atom stereocenters. The van der Waals surface area contributed by atoms with Crippen LogP contribution in [0.2, 0.25) is 0 Å². The number of rotatable bonds is 8. The van der Waals surface area contributed by atoms with Gasteiger partial charge < -0.3 is 9.73 Å². The van der Waals surface area contributed by atoms with Gasteiger partial charge in [0.15, 0.2) is 0 Å². The summed E-state index contributed by atoms with van der Waals surface area (Å²) in [4.78, 5) is 2.55. The maximum atomic E-state index is 5.64. The van der Waals surface area contributed by atoms with Crippen LogP contribution in [0.15, 0.2) is 22.8 Å². The summed E-state index contributed by atoms with van der Waals surface area (Å²) in [5, 5.41) is 3.68. The van der Waals surface area contributed by atoms with Gasteiger partial charge in [-0.2, -0.15) is 0 Å². The largest absolute Gasteiger partial charge is 0.468 e. The smallest absolute Gasteiger partial charge is 0.122 e. The highest BCUT2D eigenvalue weighted by Gasteiger charge is 2.25. The zero-order valence-electron chi connectivity index (χ0n) is 12.4. The molecule has 1 aliphatic heterocycles. The van der Waals surface area contributed by atoms with Gasteiger partial charge in [-0.05, 0) is 51.4 Å². The fraction of sp³-hybridized carbons (Fsp3) is 0.750. The van der Waals surface area contributed by atoms with Gasteiger partial charge in [-0.3, -0.25) is 4.90 Å². The predicted molar refractivity (Wildman–Crippen MR) is 79.2 cm³/mol. The molecule has 1 aromatic heterocycles. The van der Waals surface area contributed by atoms with Gasteiger partial charge in [-0.1, -0.05) is 19.8 Å². The molecule has 1 fully saturated rings. The number of hydrogen-bond donors (Lipinski definition) is 1. The second-order valence-corrected chi connectivity index (χ2v) is 5.73.